The average molecular weight is 213 g/mol. The van der Waals surface area contributed by atoms with Gasteiger partial charge in [-0.1, -0.05) is 19.8 Å². The second-order valence-electron chi connectivity index (χ2n) is 5.21. The third-order valence-corrected chi connectivity index (χ3v) is 5.28. The summed E-state index contributed by atoms with van der Waals surface area (Å²) in [5, 5.41) is 3.86. The summed E-state index contributed by atoms with van der Waals surface area (Å²) in [7, 11) is 0. The van der Waals surface area contributed by atoms with Gasteiger partial charge >= 0.3 is 0 Å². The zero-order valence-corrected chi connectivity index (χ0v) is 10.3. The van der Waals surface area contributed by atoms with Crippen LogP contribution in [0.1, 0.15) is 52.4 Å². The first kappa shape index (κ1) is 10.8. The molecule has 0 aromatic heterocycles. The lowest BCUT2D eigenvalue weighted by molar-refractivity contribution is 0.349. The molecule has 2 rings (SSSR count). The molecule has 2 heteroatoms. The van der Waals surface area contributed by atoms with Crippen molar-refractivity contribution in [1.29, 1.82) is 0 Å². The topological polar surface area (TPSA) is 12.0 Å². The first-order valence-corrected chi connectivity index (χ1v) is 7.10. The minimum atomic E-state index is 0.461. The molecule has 0 radical (unpaired) electrons. The molecule has 1 aliphatic carbocycles. The van der Waals surface area contributed by atoms with Crippen LogP contribution in [0.25, 0.3) is 0 Å². The molecule has 1 N–H and O–H groups in total. The molecule has 0 aromatic carbocycles. The van der Waals surface area contributed by atoms with E-state index in [4.69, 9.17) is 0 Å². The van der Waals surface area contributed by atoms with Gasteiger partial charge in [0.15, 0.2) is 0 Å². The fourth-order valence-corrected chi connectivity index (χ4v) is 4.47. The van der Waals surface area contributed by atoms with Crippen molar-refractivity contribution in [3.63, 3.8) is 0 Å². The first-order chi connectivity index (χ1) is 6.70. The van der Waals surface area contributed by atoms with Crippen molar-refractivity contribution in [2.75, 3.05) is 5.75 Å². The zero-order chi connectivity index (χ0) is 10.0. The first-order valence-electron chi connectivity index (χ1n) is 6.12. The van der Waals surface area contributed by atoms with Crippen molar-refractivity contribution in [3.8, 4) is 0 Å². The lowest BCUT2D eigenvalue weighted by atomic mass is 10.0. The van der Waals surface area contributed by atoms with Crippen molar-refractivity contribution in [3.05, 3.63) is 0 Å². The van der Waals surface area contributed by atoms with Gasteiger partial charge in [0, 0.05) is 6.04 Å². The van der Waals surface area contributed by atoms with Crippen LogP contribution >= 0.6 is 11.8 Å². The van der Waals surface area contributed by atoms with Gasteiger partial charge < -0.3 is 5.32 Å². The minimum absolute atomic E-state index is 0.461. The smallest absolute Gasteiger partial charge is 0.0647 e. The fraction of sp³-hybridized carbons (Fsp3) is 1.00. The molecule has 3 unspecified atom stereocenters. The summed E-state index contributed by atoms with van der Waals surface area (Å²) in [6.45, 7) is 4.76. The summed E-state index contributed by atoms with van der Waals surface area (Å²) in [4.78, 5) is 0.461. The molecule has 1 nitrogen and oxygen atoms in total. The molecule has 82 valence electrons. The number of thioether (sulfide) groups is 1. The highest BCUT2D eigenvalue weighted by Gasteiger charge is 2.36. The van der Waals surface area contributed by atoms with Crippen molar-refractivity contribution >= 4 is 11.8 Å². The van der Waals surface area contributed by atoms with Gasteiger partial charge in [-0.25, -0.2) is 0 Å². The lowest BCUT2D eigenvalue weighted by Crippen LogP contribution is -2.50. The van der Waals surface area contributed by atoms with Crippen LogP contribution in [0.5, 0.6) is 0 Å². The molecule has 1 aliphatic heterocycles. The lowest BCUT2D eigenvalue weighted by Gasteiger charge is -2.40. The predicted molar refractivity (Wildman–Crippen MR) is 64.7 cm³/mol. The molecule has 3 atom stereocenters. The summed E-state index contributed by atoms with van der Waals surface area (Å²) in [5.41, 5.74) is 0. The van der Waals surface area contributed by atoms with Gasteiger partial charge in [0.2, 0.25) is 0 Å². The van der Waals surface area contributed by atoms with E-state index in [1.54, 1.807) is 0 Å². The zero-order valence-electron chi connectivity index (χ0n) is 9.51. The maximum absolute atomic E-state index is 3.86. The molecule has 2 fully saturated rings. The number of hydrogen-bond acceptors (Lipinski definition) is 2. The van der Waals surface area contributed by atoms with Gasteiger partial charge in [-0.2, -0.15) is 0 Å². The van der Waals surface area contributed by atoms with Crippen LogP contribution in [0, 0.1) is 5.92 Å². The van der Waals surface area contributed by atoms with E-state index < -0.39 is 0 Å². The molecule has 0 bridgehead atoms. The van der Waals surface area contributed by atoms with Gasteiger partial charge in [0.05, 0.1) is 4.87 Å². The predicted octanol–water partition coefficient (Wildman–Crippen LogP) is 3.40. The van der Waals surface area contributed by atoms with E-state index >= 15 is 0 Å². The molecule has 2 aliphatic rings. The molecular formula is C12H23NS. The summed E-state index contributed by atoms with van der Waals surface area (Å²) >= 11 is 2.19. The Balaban J connectivity index is 1.99. The standard InChI is InChI=1S/C12H23NS/c1-10-4-3-7-12(8-5-10)13-11(2)6-9-14-12/h10-11,13H,3-9H2,1-2H3. The van der Waals surface area contributed by atoms with Crippen LogP contribution in [-0.4, -0.2) is 16.7 Å². The normalized spacial score (nSPS) is 45.0. The molecule has 1 heterocycles. The van der Waals surface area contributed by atoms with Gasteiger partial charge in [-0.15, -0.1) is 11.8 Å². The Bertz CT molecular complexity index is 195. The minimum Gasteiger partial charge on any atom is -0.300 e. The largest absolute Gasteiger partial charge is 0.300 e. The average Bonchev–Trinajstić information content (AvgIpc) is 2.30. The molecule has 1 saturated carbocycles. The van der Waals surface area contributed by atoms with E-state index in [0.29, 0.717) is 4.87 Å². The van der Waals surface area contributed by atoms with E-state index in [1.165, 1.54) is 44.3 Å². The molecule has 1 saturated heterocycles. The second-order valence-corrected chi connectivity index (χ2v) is 6.69. The number of rotatable bonds is 0. The Kier molecular flexibility index (Phi) is 3.43. The van der Waals surface area contributed by atoms with Crippen LogP contribution in [0.4, 0.5) is 0 Å². The summed E-state index contributed by atoms with van der Waals surface area (Å²) in [6, 6.07) is 0.740. The maximum atomic E-state index is 3.86. The van der Waals surface area contributed by atoms with E-state index in [9.17, 15) is 0 Å². The Morgan fingerprint density at radius 3 is 2.79 bits per heavy atom. The van der Waals surface area contributed by atoms with Crippen LogP contribution in [0.3, 0.4) is 0 Å². The van der Waals surface area contributed by atoms with Crippen molar-refractivity contribution in [2.45, 2.75) is 63.3 Å². The highest BCUT2D eigenvalue weighted by Crippen LogP contribution is 2.41. The summed E-state index contributed by atoms with van der Waals surface area (Å²) in [6.07, 6.45) is 8.43. The number of nitrogens with one attached hydrogen (secondary N) is 1. The monoisotopic (exact) mass is 213 g/mol. The second kappa shape index (κ2) is 4.44. The Morgan fingerprint density at radius 1 is 1.14 bits per heavy atom. The van der Waals surface area contributed by atoms with Crippen LogP contribution < -0.4 is 5.32 Å². The van der Waals surface area contributed by atoms with Crippen molar-refractivity contribution in [1.82, 2.24) is 5.32 Å². The quantitative estimate of drug-likeness (QED) is 0.662. The summed E-state index contributed by atoms with van der Waals surface area (Å²) < 4.78 is 0. The van der Waals surface area contributed by atoms with E-state index in [2.05, 4.69) is 30.9 Å². The molecule has 1 spiro atoms. The Morgan fingerprint density at radius 2 is 2.00 bits per heavy atom. The third-order valence-electron chi connectivity index (χ3n) is 3.76. The van der Waals surface area contributed by atoms with E-state index in [0.717, 1.165) is 12.0 Å². The molecule has 14 heavy (non-hydrogen) atoms. The van der Waals surface area contributed by atoms with Gasteiger partial charge in [-0.05, 0) is 44.3 Å². The molecule has 0 amide bonds. The molecule has 0 aromatic rings. The number of hydrogen-bond donors (Lipinski definition) is 1. The van der Waals surface area contributed by atoms with Crippen LogP contribution in [0.2, 0.25) is 0 Å². The highest BCUT2D eigenvalue weighted by molar-refractivity contribution is 8.00. The van der Waals surface area contributed by atoms with E-state index in [1.807, 2.05) is 0 Å². The van der Waals surface area contributed by atoms with E-state index in [-0.39, 0.29) is 0 Å². The van der Waals surface area contributed by atoms with Crippen LogP contribution in [-0.2, 0) is 0 Å². The Hall–Kier alpha value is 0.310. The van der Waals surface area contributed by atoms with Crippen LogP contribution in [0.15, 0.2) is 0 Å². The highest BCUT2D eigenvalue weighted by atomic mass is 32.2. The fourth-order valence-electron chi connectivity index (χ4n) is 2.77. The Labute approximate surface area is 92.4 Å². The third kappa shape index (κ3) is 2.46. The maximum Gasteiger partial charge on any atom is 0.0647 e. The SMILES string of the molecule is CC1CCCC2(CC1)NC(C)CCS2. The van der Waals surface area contributed by atoms with Gasteiger partial charge in [0.25, 0.3) is 0 Å². The van der Waals surface area contributed by atoms with Gasteiger partial charge in [-0.3, -0.25) is 0 Å². The molecular weight excluding hydrogens is 190 g/mol. The van der Waals surface area contributed by atoms with Crippen molar-refractivity contribution < 1.29 is 0 Å². The van der Waals surface area contributed by atoms with Gasteiger partial charge in [0.1, 0.15) is 0 Å². The summed E-state index contributed by atoms with van der Waals surface area (Å²) in [5.74, 6) is 2.32. The van der Waals surface area contributed by atoms with Crippen molar-refractivity contribution in [2.24, 2.45) is 5.92 Å².